The maximum atomic E-state index is 12.4. The fourth-order valence-electron chi connectivity index (χ4n) is 2.63. The molecule has 1 aromatic carbocycles. The quantitative estimate of drug-likeness (QED) is 0.385. The molecule has 0 spiro atoms. The number of benzene rings is 1. The number of anilines is 1. The van der Waals surface area contributed by atoms with E-state index >= 15 is 0 Å². The van der Waals surface area contributed by atoms with Crippen LogP contribution in [0.5, 0.6) is 0 Å². The fourth-order valence-corrected chi connectivity index (χ4v) is 3.05. The standard InChI is InChI=1S/C20H22N4O3S/c1-12(2)22-18-17-15(11-21-20(24-17)28(4)26)10-16(23-18)13(3)27-19(25)14-8-6-5-7-9-14/h5-13H,1-4H3,(H,22,23)/t13-,28?/m1/s1. The Hall–Kier alpha value is -2.71. The average molecular weight is 398 g/mol. The number of pyridine rings is 1. The highest BCUT2D eigenvalue weighted by Gasteiger charge is 2.19. The van der Waals surface area contributed by atoms with Crippen LogP contribution in [0.1, 0.15) is 42.9 Å². The van der Waals surface area contributed by atoms with Crippen LogP contribution in [-0.2, 0) is 15.9 Å². The first-order chi connectivity index (χ1) is 13.3. The highest BCUT2D eigenvalue weighted by atomic mass is 32.2. The van der Waals surface area contributed by atoms with E-state index in [-0.39, 0.29) is 11.2 Å². The van der Waals surface area contributed by atoms with Crippen LogP contribution in [0.15, 0.2) is 47.8 Å². The number of hydrogen-bond acceptors (Lipinski definition) is 7. The van der Waals surface area contributed by atoms with Crippen molar-refractivity contribution in [3.05, 3.63) is 53.9 Å². The van der Waals surface area contributed by atoms with Crippen LogP contribution in [0.4, 0.5) is 5.82 Å². The lowest BCUT2D eigenvalue weighted by atomic mass is 10.2. The summed E-state index contributed by atoms with van der Waals surface area (Å²) in [6.45, 7) is 5.74. The van der Waals surface area contributed by atoms with E-state index in [4.69, 9.17) is 4.74 Å². The maximum Gasteiger partial charge on any atom is 0.343 e. The minimum absolute atomic E-state index is 0.110. The van der Waals surface area contributed by atoms with Gasteiger partial charge in [-0.05, 0) is 39.0 Å². The van der Waals surface area contributed by atoms with Crippen molar-refractivity contribution in [2.24, 2.45) is 0 Å². The van der Waals surface area contributed by atoms with E-state index in [9.17, 15) is 9.35 Å². The summed E-state index contributed by atoms with van der Waals surface area (Å²) in [6, 6.07) is 10.7. The van der Waals surface area contributed by atoms with Crippen molar-refractivity contribution in [1.82, 2.24) is 15.0 Å². The maximum absolute atomic E-state index is 12.4. The second kappa shape index (κ2) is 8.53. The molecule has 3 aromatic rings. The summed E-state index contributed by atoms with van der Waals surface area (Å²) in [4.78, 5) is 25.5. The Morgan fingerprint density at radius 2 is 1.89 bits per heavy atom. The number of rotatable bonds is 6. The second-order valence-electron chi connectivity index (χ2n) is 6.65. The Morgan fingerprint density at radius 3 is 2.54 bits per heavy atom. The number of hydrogen-bond donors (Lipinski definition) is 1. The second-order valence-corrected chi connectivity index (χ2v) is 7.93. The molecule has 2 atom stereocenters. The average Bonchev–Trinajstić information content (AvgIpc) is 2.67. The van der Waals surface area contributed by atoms with Gasteiger partial charge in [-0.3, -0.25) is 0 Å². The summed E-state index contributed by atoms with van der Waals surface area (Å²) >= 11 is -1.30. The molecule has 0 bridgehead atoms. The SMILES string of the molecule is CC(C)Nc1nc([C@@H](C)OC(=O)c2ccccc2)cc2cnc([S+](C)[O-])nc12. The Bertz CT molecular complexity index is 980. The lowest BCUT2D eigenvalue weighted by Crippen LogP contribution is -2.15. The van der Waals surface area contributed by atoms with E-state index in [1.54, 1.807) is 43.5 Å². The van der Waals surface area contributed by atoms with Crippen LogP contribution in [-0.4, -0.2) is 37.8 Å². The van der Waals surface area contributed by atoms with Gasteiger partial charge >= 0.3 is 11.1 Å². The third-order valence-electron chi connectivity index (χ3n) is 3.96. The minimum Gasteiger partial charge on any atom is -0.609 e. The van der Waals surface area contributed by atoms with Gasteiger partial charge in [-0.15, -0.1) is 0 Å². The zero-order valence-electron chi connectivity index (χ0n) is 16.2. The van der Waals surface area contributed by atoms with Gasteiger partial charge in [0, 0.05) is 28.8 Å². The van der Waals surface area contributed by atoms with E-state index < -0.39 is 23.2 Å². The number of fused-ring (bicyclic) bond motifs is 1. The summed E-state index contributed by atoms with van der Waals surface area (Å²) < 4.78 is 17.3. The molecule has 0 aliphatic rings. The van der Waals surface area contributed by atoms with Gasteiger partial charge in [-0.1, -0.05) is 18.2 Å². The summed E-state index contributed by atoms with van der Waals surface area (Å²) in [7, 11) is 0. The number of esters is 1. The van der Waals surface area contributed by atoms with Gasteiger partial charge in [-0.2, -0.15) is 9.97 Å². The normalized spacial score (nSPS) is 13.4. The summed E-state index contributed by atoms with van der Waals surface area (Å²) in [5, 5.41) is 4.23. The van der Waals surface area contributed by atoms with Crippen LogP contribution in [0.3, 0.4) is 0 Å². The van der Waals surface area contributed by atoms with Crippen molar-refractivity contribution in [2.75, 3.05) is 11.6 Å². The molecule has 2 heterocycles. The molecule has 0 aliphatic carbocycles. The van der Waals surface area contributed by atoms with Gasteiger partial charge in [-0.25, -0.2) is 9.78 Å². The van der Waals surface area contributed by atoms with Gasteiger partial charge < -0.3 is 14.6 Å². The minimum atomic E-state index is -1.30. The fraction of sp³-hybridized carbons (Fsp3) is 0.300. The van der Waals surface area contributed by atoms with Gasteiger partial charge in [0.25, 0.3) is 0 Å². The number of nitrogens with zero attached hydrogens (tertiary/aromatic N) is 3. The number of carbonyl (C=O) groups is 1. The van der Waals surface area contributed by atoms with Crippen molar-refractivity contribution in [2.45, 2.75) is 38.1 Å². The summed E-state index contributed by atoms with van der Waals surface area (Å²) in [5.74, 6) is 0.126. The smallest absolute Gasteiger partial charge is 0.343 e. The van der Waals surface area contributed by atoms with Crippen LogP contribution >= 0.6 is 0 Å². The largest absolute Gasteiger partial charge is 0.609 e. The summed E-state index contributed by atoms with van der Waals surface area (Å²) in [5.41, 5.74) is 1.64. The predicted octanol–water partition coefficient (Wildman–Crippen LogP) is 3.50. The highest BCUT2D eigenvalue weighted by molar-refractivity contribution is 7.90. The molecule has 0 saturated heterocycles. The van der Waals surface area contributed by atoms with Gasteiger partial charge in [0.2, 0.25) is 0 Å². The van der Waals surface area contributed by atoms with Crippen LogP contribution < -0.4 is 5.32 Å². The molecule has 0 aliphatic heterocycles. The molecule has 28 heavy (non-hydrogen) atoms. The Labute approximate surface area is 166 Å². The van der Waals surface area contributed by atoms with E-state index in [0.717, 1.165) is 5.39 Å². The van der Waals surface area contributed by atoms with Crippen molar-refractivity contribution in [3.8, 4) is 0 Å². The molecule has 1 N–H and O–H groups in total. The third-order valence-corrected chi connectivity index (χ3v) is 4.67. The molecule has 0 amide bonds. The molecule has 3 rings (SSSR count). The first-order valence-electron chi connectivity index (χ1n) is 8.89. The zero-order valence-corrected chi connectivity index (χ0v) is 17.0. The topological polar surface area (TPSA) is 100 Å². The summed E-state index contributed by atoms with van der Waals surface area (Å²) in [6.07, 6.45) is 2.58. The van der Waals surface area contributed by atoms with E-state index in [2.05, 4.69) is 20.3 Å². The molecule has 1 unspecified atom stereocenters. The van der Waals surface area contributed by atoms with E-state index in [1.807, 2.05) is 19.9 Å². The van der Waals surface area contributed by atoms with Crippen LogP contribution in [0.25, 0.3) is 10.9 Å². The van der Waals surface area contributed by atoms with Gasteiger partial charge in [0.15, 0.2) is 5.82 Å². The number of nitrogens with one attached hydrogen (secondary N) is 1. The molecular formula is C20H22N4O3S. The van der Waals surface area contributed by atoms with Crippen molar-refractivity contribution < 1.29 is 14.1 Å². The number of aromatic nitrogens is 3. The molecule has 0 saturated carbocycles. The van der Waals surface area contributed by atoms with Crippen molar-refractivity contribution in [3.63, 3.8) is 0 Å². The van der Waals surface area contributed by atoms with Crippen molar-refractivity contribution in [1.29, 1.82) is 0 Å². The molecule has 8 heteroatoms. The first kappa shape index (κ1) is 20.0. The molecule has 7 nitrogen and oxygen atoms in total. The monoisotopic (exact) mass is 398 g/mol. The van der Waals surface area contributed by atoms with E-state index in [1.165, 1.54) is 6.26 Å². The first-order valence-corrected chi connectivity index (χ1v) is 10.4. The lowest BCUT2D eigenvalue weighted by molar-refractivity contribution is 0.0330. The molecular weight excluding hydrogens is 376 g/mol. The Kier molecular flexibility index (Phi) is 6.11. The Morgan fingerprint density at radius 1 is 1.18 bits per heavy atom. The number of carbonyl (C=O) groups excluding carboxylic acids is 1. The lowest BCUT2D eigenvalue weighted by Gasteiger charge is -2.17. The van der Waals surface area contributed by atoms with Crippen molar-refractivity contribution >= 4 is 33.9 Å². The van der Waals surface area contributed by atoms with Gasteiger partial charge in [0.1, 0.15) is 17.9 Å². The molecule has 146 valence electrons. The third kappa shape index (κ3) is 4.58. The van der Waals surface area contributed by atoms with Gasteiger partial charge in [0.05, 0.1) is 11.3 Å². The van der Waals surface area contributed by atoms with Crippen LogP contribution in [0, 0.1) is 0 Å². The number of ether oxygens (including phenoxy) is 1. The molecule has 2 aromatic heterocycles. The Balaban J connectivity index is 1.96. The molecule has 0 radical (unpaired) electrons. The highest BCUT2D eigenvalue weighted by Crippen LogP contribution is 2.26. The van der Waals surface area contributed by atoms with E-state index in [0.29, 0.717) is 22.6 Å². The zero-order chi connectivity index (χ0) is 20.3. The predicted molar refractivity (Wildman–Crippen MR) is 109 cm³/mol. The molecule has 0 fully saturated rings. The van der Waals surface area contributed by atoms with Crippen LogP contribution in [0.2, 0.25) is 0 Å².